The Hall–Kier alpha value is -2.99. The minimum absolute atomic E-state index is 0.125. The molecule has 0 bridgehead atoms. The summed E-state index contributed by atoms with van der Waals surface area (Å²) in [6.07, 6.45) is 3.06. The van der Waals surface area contributed by atoms with Crippen molar-refractivity contribution in [3.8, 4) is 0 Å². The normalized spacial score (nSPS) is 16.5. The second-order valence-electron chi connectivity index (χ2n) is 9.85. The number of carboxylic acid groups (broad SMARTS) is 1. The monoisotopic (exact) mass is 553 g/mol. The molecule has 38 heavy (non-hydrogen) atoms. The summed E-state index contributed by atoms with van der Waals surface area (Å²) in [5.74, 6) is -0.942. The van der Waals surface area contributed by atoms with E-state index in [1.165, 1.54) is 5.57 Å². The summed E-state index contributed by atoms with van der Waals surface area (Å²) in [5, 5.41) is 10.7. The molecule has 0 spiro atoms. The fourth-order valence-corrected chi connectivity index (χ4v) is 5.84. The Labute approximate surface area is 231 Å². The van der Waals surface area contributed by atoms with Gasteiger partial charge in [0, 0.05) is 29.7 Å². The van der Waals surface area contributed by atoms with Crippen LogP contribution in [0.4, 0.5) is 8.78 Å². The Morgan fingerprint density at radius 3 is 2.42 bits per heavy atom. The Balaban J connectivity index is 1.53. The lowest BCUT2D eigenvalue weighted by Gasteiger charge is -2.34. The SMILES string of the molecule is O=C(O)c1ccc2c(c1)CCCC(c1ccc(Cl)cc1Cl)=C2c1ccc(C=C2CN(C[C@H](F)CF)C2)cc1. The molecule has 3 aromatic rings. The summed E-state index contributed by atoms with van der Waals surface area (Å²) in [6, 6.07) is 19.1. The lowest BCUT2D eigenvalue weighted by molar-refractivity contribution is 0.0696. The van der Waals surface area contributed by atoms with Gasteiger partial charge in [0.1, 0.15) is 12.8 Å². The van der Waals surface area contributed by atoms with Crippen LogP contribution in [0.2, 0.25) is 10.0 Å². The number of alkyl halides is 2. The highest BCUT2D eigenvalue weighted by molar-refractivity contribution is 6.36. The average molecular weight is 554 g/mol. The number of nitrogens with zero attached hydrogens (tertiary/aromatic N) is 1. The number of fused-ring (bicyclic) bond motifs is 1. The van der Waals surface area contributed by atoms with Crippen LogP contribution < -0.4 is 0 Å². The highest BCUT2D eigenvalue weighted by atomic mass is 35.5. The van der Waals surface area contributed by atoms with E-state index < -0.39 is 18.8 Å². The molecule has 7 heteroatoms. The summed E-state index contributed by atoms with van der Waals surface area (Å²) in [5.41, 5.74) is 8.56. The number of carbonyl (C=O) groups is 1. The van der Waals surface area contributed by atoms with Crippen molar-refractivity contribution in [3.05, 3.63) is 110 Å². The number of likely N-dealkylation sites (tertiary alicyclic amines) is 1. The molecule has 1 atom stereocenters. The molecule has 0 radical (unpaired) electrons. The Bertz CT molecular complexity index is 1420. The van der Waals surface area contributed by atoms with E-state index in [4.69, 9.17) is 23.2 Å². The van der Waals surface area contributed by atoms with Crippen LogP contribution in [0.1, 0.15) is 51.0 Å². The number of aromatic carboxylic acids is 1. The molecule has 1 saturated heterocycles. The molecule has 2 aliphatic rings. The van der Waals surface area contributed by atoms with Crippen LogP contribution in [0.25, 0.3) is 17.2 Å². The molecule has 1 aliphatic carbocycles. The van der Waals surface area contributed by atoms with Crippen LogP contribution in [-0.2, 0) is 6.42 Å². The smallest absolute Gasteiger partial charge is 0.335 e. The first-order chi connectivity index (χ1) is 18.3. The van der Waals surface area contributed by atoms with E-state index in [0.29, 0.717) is 23.1 Å². The highest BCUT2D eigenvalue weighted by Gasteiger charge is 2.24. The van der Waals surface area contributed by atoms with Gasteiger partial charge in [0.05, 0.1) is 5.56 Å². The van der Waals surface area contributed by atoms with E-state index in [-0.39, 0.29) is 12.1 Å². The second kappa shape index (κ2) is 11.4. The Morgan fingerprint density at radius 2 is 1.74 bits per heavy atom. The molecule has 3 aromatic carbocycles. The molecule has 1 fully saturated rings. The van der Waals surface area contributed by atoms with Crippen molar-refractivity contribution in [3.63, 3.8) is 0 Å². The van der Waals surface area contributed by atoms with Crippen LogP contribution in [0, 0.1) is 0 Å². The quantitative estimate of drug-likeness (QED) is 0.322. The predicted molar refractivity (Wildman–Crippen MR) is 150 cm³/mol. The first-order valence-electron chi connectivity index (χ1n) is 12.6. The van der Waals surface area contributed by atoms with Gasteiger partial charge < -0.3 is 5.11 Å². The molecule has 0 saturated carbocycles. The van der Waals surface area contributed by atoms with E-state index in [1.807, 2.05) is 23.1 Å². The second-order valence-corrected chi connectivity index (χ2v) is 10.7. The molecular formula is C31H27Cl2F2NO2. The molecule has 5 rings (SSSR count). The third-order valence-corrected chi connectivity index (χ3v) is 7.65. The fraction of sp³-hybridized carbons (Fsp3) is 0.258. The number of hydrogen-bond donors (Lipinski definition) is 1. The van der Waals surface area contributed by atoms with E-state index in [0.717, 1.165) is 58.2 Å². The number of hydrogen-bond acceptors (Lipinski definition) is 2. The summed E-state index contributed by atoms with van der Waals surface area (Å²) in [7, 11) is 0. The van der Waals surface area contributed by atoms with Crippen molar-refractivity contribution in [1.29, 1.82) is 0 Å². The molecule has 0 aromatic heterocycles. The van der Waals surface area contributed by atoms with E-state index in [1.54, 1.807) is 18.2 Å². The maximum absolute atomic E-state index is 13.3. The van der Waals surface area contributed by atoms with Crippen molar-refractivity contribution >= 4 is 46.4 Å². The van der Waals surface area contributed by atoms with Crippen LogP contribution in [0.15, 0.2) is 66.2 Å². The molecule has 1 heterocycles. The maximum atomic E-state index is 13.3. The number of aryl methyl sites for hydroxylation is 1. The summed E-state index contributed by atoms with van der Waals surface area (Å²) in [6.45, 7) is 0.467. The van der Waals surface area contributed by atoms with Gasteiger partial charge in [0.2, 0.25) is 0 Å². The zero-order valence-corrected chi connectivity index (χ0v) is 22.2. The van der Waals surface area contributed by atoms with Crippen molar-refractivity contribution < 1.29 is 18.7 Å². The molecular weight excluding hydrogens is 527 g/mol. The van der Waals surface area contributed by atoms with Crippen LogP contribution in [0.3, 0.4) is 0 Å². The first kappa shape index (κ1) is 26.6. The van der Waals surface area contributed by atoms with Crippen molar-refractivity contribution in [2.75, 3.05) is 26.3 Å². The largest absolute Gasteiger partial charge is 0.478 e. The van der Waals surface area contributed by atoms with Gasteiger partial charge in [-0.05, 0) is 88.1 Å². The summed E-state index contributed by atoms with van der Waals surface area (Å²) >= 11 is 12.9. The maximum Gasteiger partial charge on any atom is 0.335 e. The lowest BCUT2D eigenvalue weighted by Crippen LogP contribution is -2.43. The summed E-state index contributed by atoms with van der Waals surface area (Å²) < 4.78 is 25.7. The van der Waals surface area contributed by atoms with Gasteiger partial charge in [-0.15, -0.1) is 0 Å². The summed E-state index contributed by atoms with van der Waals surface area (Å²) in [4.78, 5) is 13.5. The van der Waals surface area contributed by atoms with Gasteiger partial charge in [-0.3, -0.25) is 4.90 Å². The number of benzene rings is 3. The third kappa shape index (κ3) is 5.70. The molecule has 0 amide bonds. The van der Waals surface area contributed by atoms with E-state index in [2.05, 4.69) is 30.3 Å². The highest BCUT2D eigenvalue weighted by Crippen LogP contribution is 2.42. The van der Waals surface area contributed by atoms with Crippen LogP contribution in [-0.4, -0.2) is 48.5 Å². The molecule has 1 N–H and O–H groups in total. The number of rotatable bonds is 7. The molecule has 3 nitrogen and oxygen atoms in total. The van der Waals surface area contributed by atoms with Gasteiger partial charge in [0.15, 0.2) is 0 Å². The number of carboxylic acids is 1. The third-order valence-electron chi connectivity index (χ3n) is 7.10. The van der Waals surface area contributed by atoms with Crippen molar-refractivity contribution in [1.82, 2.24) is 4.90 Å². The first-order valence-corrected chi connectivity index (χ1v) is 13.4. The minimum Gasteiger partial charge on any atom is -0.478 e. The van der Waals surface area contributed by atoms with Crippen molar-refractivity contribution in [2.24, 2.45) is 0 Å². The van der Waals surface area contributed by atoms with Crippen LogP contribution in [0.5, 0.6) is 0 Å². The fourth-order valence-electron chi connectivity index (χ4n) is 5.31. The van der Waals surface area contributed by atoms with Crippen LogP contribution >= 0.6 is 23.2 Å². The standard InChI is InChI=1S/C31H27Cl2F2NO2/c32-24-9-11-27(29(33)14-24)28-3-1-2-22-13-23(31(37)38)8-10-26(22)30(28)21-6-4-19(5-7-21)12-20-16-36(17-20)18-25(35)15-34/h4-14,25H,1-3,15-18H2,(H,37,38)/t25-/m1/s1. The van der Waals surface area contributed by atoms with Gasteiger partial charge >= 0.3 is 5.97 Å². The van der Waals surface area contributed by atoms with Crippen molar-refractivity contribution in [2.45, 2.75) is 25.4 Å². The van der Waals surface area contributed by atoms with Gasteiger partial charge in [-0.2, -0.15) is 0 Å². The topological polar surface area (TPSA) is 40.5 Å². The van der Waals surface area contributed by atoms with E-state index >= 15 is 0 Å². The number of halogens is 4. The van der Waals surface area contributed by atoms with Gasteiger partial charge in [-0.1, -0.05) is 65.7 Å². The molecule has 196 valence electrons. The molecule has 0 unspecified atom stereocenters. The lowest BCUT2D eigenvalue weighted by atomic mass is 9.87. The Kier molecular flexibility index (Phi) is 7.98. The predicted octanol–water partition coefficient (Wildman–Crippen LogP) is 7.99. The van der Waals surface area contributed by atoms with Gasteiger partial charge in [-0.25, -0.2) is 13.6 Å². The van der Waals surface area contributed by atoms with Gasteiger partial charge in [0.25, 0.3) is 0 Å². The minimum atomic E-state index is -1.43. The zero-order valence-electron chi connectivity index (χ0n) is 20.7. The molecule has 1 aliphatic heterocycles. The number of allylic oxidation sites excluding steroid dienone is 1. The average Bonchev–Trinajstić information content (AvgIpc) is 3.06. The zero-order chi connectivity index (χ0) is 26.8. The Morgan fingerprint density at radius 1 is 1.00 bits per heavy atom. The van der Waals surface area contributed by atoms with E-state index in [9.17, 15) is 18.7 Å².